The maximum Gasteiger partial charge on any atom is 0.354 e. The Morgan fingerprint density at radius 2 is 1.69 bits per heavy atom. The first-order valence-electron chi connectivity index (χ1n) is 10.5. The van der Waals surface area contributed by atoms with Gasteiger partial charge in [0.25, 0.3) is 5.91 Å². The number of carbonyl (C=O) groups excluding carboxylic acids is 2. The number of methoxy groups -OCH3 is 1. The van der Waals surface area contributed by atoms with Gasteiger partial charge in [0.1, 0.15) is 5.69 Å². The van der Waals surface area contributed by atoms with Crippen LogP contribution in [0.25, 0.3) is 10.9 Å². The molecule has 0 aliphatic carbocycles. The molecule has 180 valence electrons. The summed E-state index contributed by atoms with van der Waals surface area (Å²) in [5.74, 6) is -0.492. The molecule has 1 amide bonds. The van der Waals surface area contributed by atoms with Crippen molar-refractivity contribution in [2.45, 2.75) is 10.1 Å². The first-order valence-corrected chi connectivity index (χ1v) is 12.9. The molecule has 0 spiro atoms. The molecule has 1 N–H and O–H groups in total. The van der Waals surface area contributed by atoms with Crippen molar-refractivity contribution in [1.29, 1.82) is 0 Å². The molecule has 0 saturated heterocycles. The number of thioether (sulfide) groups is 1. The maximum absolute atomic E-state index is 12.4. The number of ether oxygens (including phenoxy) is 1. The number of aromatic amines is 1. The van der Waals surface area contributed by atoms with E-state index >= 15 is 0 Å². The monoisotopic (exact) mass is 590 g/mol. The van der Waals surface area contributed by atoms with Crippen LogP contribution in [-0.2, 0) is 4.74 Å². The van der Waals surface area contributed by atoms with Crippen molar-refractivity contribution in [3.05, 3.63) is 97.6 Å². The van der Waals surface area contributed by atoms with Gasteiger partial charge in [-0.1, -0.05) is 51.3 Å². The molecule has 1 atom stereocenters. The molecule has 0 bridgehead atoms. The van der Waals surface area contributed by atoms with Gasteiger partial charge < -0.3 is 14.6 Å². The molecule has 0 aliphatic rings. The minimum absolute atomic E-state index is 0.0591. The van der Waals surface area contributed by atoms with Crippen LogP contribution in [0.1, 0.15) is 37.2 Å². The molecule has 5 nitrogen and oxygen atoms in total. The van der Waals surface area contributed by atoms with Gasteiger partial charge in [-0.05, 0) is 59.7 Å². The van der Waals surface area contributed by atoms with E-state index in [1.54, 1.807) is 42.9 Å². The summed E-state index contributed by atoms with van der Waals surface area (Å²) in [4.78, 5) is 30.1. The molecule has 35 heavy (non-hydrogen) atoms. The SMILES string of the molecule is COC(=O)c1cc2c(Br)cc(C(Sc3ccc(Cl)c(Cl)c3)c3ccc(C(=O)N(C)C)cc3)cc2[nH]1. The summed E-state index contributed by atoms with van der Waals surface area (Å²) in [6, 6.07) is 18.9. The van der Waals surface area contributed by atoms with E-state index < -0.39 is 5.97 Å². The van der Waals surface area contributed by atoms with Crippen LogP contribution in [0, 0.1) is 0 Å². The molecule has 4 aromatic rings. The van der Waals surface area contributed by atoms with E-state index in [0.717, 1.165) is 31.4 Å². The van der Waals surface area contributed by atoms with E-state index in [4.69, 9.17) is 27.9 Å². The van der Waals surface area contributed by atoms with E-state index in [1.165, 1.54) is 7.11 Å². The lowest BCUT2D eigenvalue weighted by molar-refractivity contribution is 0.0595. The zero-order valence-corrected chi connectivity index (χ0v) is 23.0. The number of benzene rings is 3. The predicted octanol–water partition coefficient (Wildman–Crippen LogP) is 7.61. The van der Waals surface area contributed by atoms with Gasteiger partial charge >= 0.3 is 5.97 Å². The molecular weight excluding hydrogens is 571 g/mol. The Hall–Kier alpha value is -2.45. The predicted molar refractivity (Wildman–Crippen MR) is 146 cm³/mol. The molecule has 0 saturated carbocycles. The highest BCUT2D eigenvalue weighted by atomic mass is 79.9. The lowest BCUT2D eigenvalue weighted by Gasteiger charge is -2.20. The van der Waals surface area contributed by atoms with Crippen molar-refractivity contribution in [2.24, 2.45) is 0 Å². The number of halogens is 3. The summed E-state index contributed by atoms with van der Waals surface area (Å²) in [5, 5.41) is 1.71. The molecule has 1 aromatic heterocycles. The van der Waals surface area contributed by atoms with Gasteiger partial charge in [-0.15, -0.1) is 11.8 Å². The van der Waals surface area contributed by atoms with E-state index in [0.29, 0.717) is 21.3 Å². The molecule has 0 aliphatic heterocycles. The Bertz CT molecular complexity index is 1420. The van der Waals surface area contributed by atoms with Crippen LogP contribution in [0.4, 0.5) is 0 Å². The highest BCUT2D eigenvalue weighted by Crippen LogP contribution is 2.44. The topological polar surface area (TPSA) is 62.4 Å². The number of hydrogen-bond acceptors (Lipinski definition) is 4. The smallest absolute Gasteiger partial charge is 0.354 e. The number of rotatable bonds is 6. The van der Waals surface area contributed by atoms with Crippen molar-refractivity contribution in [3.63, 3.8) is 0 Å². The first kappa shape index (κ1) is 25.6. The number of esters is 1. The van der Waals surface area contributed by atoms with Crippen molar-refractivity contribution in [3.8, 4) is 0 Å². The van der Waals surface area contributed by atoms with Gasteiger partial charge in [0.05, 0.1) is 22.4 Å². The van der Waals surface area contributed by atoms with Gasteiger partial charge in [-0.2, -0.15) is 0 Å². The van der Waals surface area contributed by atoms with E-state index in [9.17, 15) is 9.59 Å². The molecule has 0 fully saturated rings. The van der Waals surface area contributed by atoms with Crippen LogP contribution >= 0.6 is 50.9 Å². The molecule has 1 heterocycles. The second-order valence-electron chi connectivity index (χ2n) is 8.03. The first-order chi connectivity index (χ1) is 16.7. The molecule has 4 rings (SSSR count). The van der Waals surface area contributed by atoms with Crippen LogP contribution in [0.3, 0.4) is 0 Å². The number of carbonyl (C=O) groups is 2. The second-order valence-corrected chi connectivity index (χ2v) is 10.9. The molecule has 9 heteroatoms. The summed E-state index contributed by atoms with van der Waals surface area (Å²) in [5.41, 5.74) is 3.78. The van der Waals surface area contributed by atoms with Crippen molar-refractivity contribution in [1.82, 2.24) is 9.88 Å². The van der Waals surface area contributed by atoms with Gasteiger partial charge in [0.2, 0.25) is 0 Å². The highest BCUT2D eigenvalue weighted by molar-refractivity contribution is 9.10. The summed E-state index contributed by atoms with van der Waals surface area (Å²) < 4.78 is 5.70. The number of fused-ring (bicyclic) bond motifs is 1. The largest absolute Gasteiger partial charge is 0.464 e. The fourth-order valence-corrected chi connectivity index (χ4v) is 5.78. The third-order valence-electron chi connectivity index (χ3n) is 5.43. The lowest BCUT2D eigenvalue weighted by atomic mass is 10.0. The summed E-state index contributed by atoms with van der Waals surface area (Å²) in [7, 11) is 4.80. The highest BCUT2D eigenvalue weighted by Gasteiger charge is 2.21. The normalized spacial score (nSPS) is 11.9. The Morgan fingerprint density at radius 3 is 2.31 bits per heavy atom. The zero-order valence-electron chi connectivity index (χ0n) is 19.1. The molecule has 3 aromatic carbocycles. The zero-order chi connectivity index (χ0) is 25.3. The summed E-state index contributed by atoms with van der Waals surface area (Å²) in [6.07, 6.45) is 0. The minimum Gasteiger partial charge on any atom is -0.464 e. The lowest BCUT2D eigenvalue weighted by Crippen LogP contribution is -2.21. The van der Waals surface area contributed by atoms with E-state index in [2.05, 4.69) is 20.9 Å². The fourth-order valence-electron chi connectivity index (χ4n) is 3.66. The fraction of sp³-hybridized carbons (Fsp3) is 0.154. The Balaban J connectivity index is 1.80. The quantitative estimate of drug-likeness (QED) is 0.185. The average Bonchev–Trinajstić information content (AvgIpc) is 3.29. The van der Waals surface area contributed by atoms with Crippen LogP contribution in [0.5, 0.6) is 0 Å². The number of aromatic nitrogens is 1. The van der Waals surface area contributed by atoms with Crippen LogP contribution in [-0.4, -0.2) is 43.0 Å². The minimum atomic E-state index is -0.433. The van der Waals surface area contributed by atoms with E-state index in [1.807, 2.05) is 48.5 Å². The Labute approximate surface area is 225 Å². The number of amides is 1. The molecule has 1 unspecified atom stereocenters. The van der Waals surface area contributed by atoms with Crippen molar-refractivity contribution >= 4 is 73.7 Å². The van der Waals surface area contributed by atoms with Crippen LogP contribution in [0.15, 0.2) is 70.0 Å². The number of hydrogen-bond donors (Lipinski definition) is 1. The third kappa shape index (κ3) is 5.54. The second kappa shape index (κ2) is 10.7. The standard InChI is InChI=1S/C26H21BrCl2N2O3S/c1-31(2)25(32)15-6-4-14(5-7-15)24(35-17-8-9-20(28)21(29)12-17)16-10-19(27)18-13-23(26(33)34-3)30-22(18)11-16/h4-13,24,30H,1-3H3. The van der Waals surface area contributed by atoms with Crippen molar-refractivity contribution in [2.75, 3.05) is 21.2 Å². The number of nitrogens with one attached hydrogen (secondary N) is 1. The maximum atomic E-state index is 12.4. The number of H-pyrrole nitrogens is 1. The summed E-state index contributed by atoms with van der Waals surface area (Å²) in [6.45, 7) is 0. The average molecular weight is 592 g/mol. The third-order valence-corrected chi connectivity index (χ3v) is 8.13. The molecular formula is C26H21BrCl2N2O3S. The van der Waals surface area contributed by atoms with E-state index in [-0.39, 0.29) is 11.2 Å². The number of nitrogens with zero attached hydrogens (tertiary/aromatic N) is 1. The van der Waals surface area contributed by atoms with Crippen LogP contribution in [0.2, 0.25) is 10.0 Å². The van der Waals surface area contributed by atoms with Gasteiger partial charge in [-0.3, -0.25) is 4.79 Å². The molecule has 0 radical (unpaired) electrons. The summed E-state index contributed by atoms with van der Waals surface area (Å²) >= 11 is 17.7. The van der Waals surface area contributed by atoms with Gasteiger partial charge in [0, 0.05) is 39.9 Å². The Morgan fingerprint density at radius 1 is 0.971 bits per heavy atom. The Kier molecular flexibility index (Phi) is 7.81. The van der Waals surface area contributed by atoms with Crippen LogP contribution < -0.4 is 0 Å². The van der Waals surface area contributed by atoms with Gasteiger partial charge in [-0.25, -0.2) is 4.79 Å². The van der Waals surface area contributed by atoms with Gasteiger partial charge in [0.15, 0.2) is 0 Å². The van der Waals surface area contributed by atoms with Crippen molar-refractivity contribution < 1.29 is 14.3 Å².